The lowest BCUT2D eigenvalue weighted by Gasteiger charge is -2.43. The summed E-state index contributed by atoms with van der Waals surface area (Å²) in [6.07, 6.45) is 10.2. The molecular weight excluding hydrogens is 326 g/mol. The Kier molecular flexibility index (Phi) is 5.37. The first-order valence-electron chi connectivity index (χ1n) is 10.2. The smallest absolute Gasteiger partial charge is 0.183 e. The number of aromatic nitrogens is 1. The van der Waals surface area contributed by atoms with Crippen LogP contribution in [0.1, 0.15) is 44.2 Å². The van der Waals surface area contributed by atoms with Crippen molar-refractivity contribution in [3.63, 3.8) is 0 Å². The van der Waals surface area contributed by atoms with Crippen LogP contribution < -0.4 is 9.47 Å². The lowest BCUT2D eigenvalue weighted by atomic mass is 9.78. The molecular formula is C21H33N3O2. The van der Waals surface area contributed by atoms with Gasteiger partial charge in [0.15, 0.2) is 11.5 Å². The Morgan fingerprint density at radius 1 is 1.08 bits per heavy atom. The van der Waals surface area contributed by atoms with Crippen LogP contribution in [0.15, 0.2) is 12.3 Å². The van der Waals surface area contributed by atoms with E-state index in [9.17, 15) is 0 Å². The maximum absolute atomic E-state index is 5.57. The van der Waals surface area contributed by atoms with Crippen LogP contribution in [0.3, 0.4) is 0 Å². The maximum atomic E-state index is 5.57. The fourth-order valence-corrected chi connectivity index (χ4v) is 5.18. The van der Waals surface area contributed by atoms with Crippen molar-refractivity contribution in [2.45, 2.75) is 45.1 Å². The van der Waals surface area contributed by atoms with E-state index in [0.717, 1.165) is 29.7 Å². The van der Waals surface area contributed by atoms with Crippen molar-refractivity contribution in [2.75, 3.05) is 46.9 Å². The van der Waals surface area contributed by atoms with Crippen LogP contribution in [0.2, 0.25) is 0 Å². The highest BCUT2D eigenvalue weighted by atomic mass is 16.5. The molecule has 3 heterocycles. The number of ether oxygens (including phenoxy) is 2. The summed E-state index contributed by atoms with van der Waals surface area (Å²) in [7, 11) is 3.39. The summed E-state index contributed by atoms with van der Waals surface area (Å²) in [6, 6.07) is 1.87. The molecule has 4 rings (SSSR count). The van der Waals surface area contributed by atoms with E-state index in [1.807, 2.05) is 12.3 Å². The van der Waals surface area contributed by atoms with Gasteiger partial charge in [0.05, 0.1) is 14.2 Å². The van der Waals surface area contributed by atoms with Gasteiger partial charge < -0.3 is 14.4 Å². The summed E-state index contributed by atoms with van der Waals surface area (Å²) in [5, 5.41) is 0. The molecule has 0 aromatic carbocycles. The summed E-state index contributed by atoms with van der Waals surface area (Å²) in [4.78, 5) is 9.90. The zero-order chi connectivity index (χ0) is 18.0. The number of pyridine rings is 1. The van der Waals surface area contributed by atoms with Crippen molar-refractivity contribution in [3.05, 3.63) is 18.0 Å². The number of hydrogen-bond donors (Lipinski definition) is 0. The van der Waals surface area contributed by atoms with Crippen molar-refractivity contribution in [1.82, 2.24) is 14.8 Å². The molecule has 0 radical (unpaired) electrons. The predicted molar refractivity (Wildman–Crippen MR) is 103 cm³/mol. The van der Waals surface area contributed by atoms with Crippen LogP contribution in [0.25, 0.3) is 0 Å². The van der Waals surface area contributed by atoms with Gasteiger partial charge in [-0.15, -0.1) is 0 Å². The summed E-state index contributed by atoms with van der Waals surface area (Å²) in [5.74, 6) is 2.54. The number of nitrogens with zero attached hydrogens (tertiary/aromatic N) is 3. The molecule has 1 aromatic heterocycles. The highest BCUT2D eigenvalue weighted by Gasteiger charge is 2.42. The normalized spacial score (nSPS) is 27.6. The number of methoxy groups -OCH3 is 2. The average molecular weight is 360 g/mol. The van der Waals surface area contributed by atoms with Crippen LogP contribution in [0, 0.1) is 11.3 Å². The molecule has 26 heavy (non-hydrogen) atoms. The Labute approximate surface area is 157 Å². The van der Waals surface area contributed by atoms with Gasteiger partial charge in [-0.3, -0.25) is 9.88 Å². The lowest BCUT2D eigenvalue weighted by Crippen LogP contribution is -2.47. The van der Waals surface area contributed by atoms with Crippen LogP contribution in [0.4, 0.5) is 0 Å². The molecule has 1 aromatic rings. The molecule has 1 aliphatic carbocycles. The molecule has 2 saturated heterocycles. The van der Waals surface area contributed by atoms with Crippen molar-refractivity contribution in [3.8, 4) is 11.5 Å². The Morgan fingerprint density at radius 3 is 2.65 bits per heavy atom. The standard InChI is InChI=1S/C21H33N3O2/c1-25-19-7-10-22-18(20(19)26-2)14-24-12-9-21(16-24)8-4-11-23(15-21)13-17-5-3-6-17/h7,10,17H,3-6,8-9,11-16H2,1-2H3/t21-/m0/s1. The molecule has 3 aliphatic rings. The van der Waals surface area contributed by atoms with Gasteiger partial charge in [0.1, 0.15) is 5.69 Å². The molecule has 1 atom stereocenters. The van der Waals surface area contributed by atoms with Gasteiger partial charge in [-0.05, 0) is 56.5 Å². The van der Waals surface area contributed by atoms with Gasteiger partial charge in [0, 0.05) is 38.4 Å². The van der Waals surface area contributed by atoms with Gasteiger partial charge in [0.2, 0.25) is 0 Å². The SMILES string of the molecule is COc1ccnc(CN2CC[C@]3(CCCN(CC4CCC4)C3)C2)c1OC. The first-order chi connectivity index (χ1) is 12.7. The molecule has 2 aliphatic heterocycles. The highest BCUT2D eigenvalue weighted by molar-refractivity contribution is 5.42. The number of piperidine rings is 1. The molecule has 144 valence electrons. The van der Waals surface area contributed by atoms with Crippen molar-refractivity contribution in [1.29, 1.82) is 0 Å². The molecule has 0 bridgehead atoms. The Bertz CT molecular complexity index is 619. The maximum Gasteiger partial charge on any atom is 0.183 e. The minimum atomic E-state index is 0.494. The third-order valence-electron chi connectivity index (χ3n) is 6.74. The third-order valence-corrected chi connectivity index (χ3v) is 6.74. The molecule has 0 amide bonds. The predicted octanol–water partition coefficient (Wildman–Crippen LogP) is 3.19. The quantitative estimate of drug-likeness (QED) is 0.780. The topological polar surface area (TPSA) is 37.8 Å². The zero-order valence-electron chi connectivity index (χ0n) is 16.4. The van der Waals surface area contributed by atoms with E-state index >= 15 is 0 Å². The summed E-state index contributed by atoms with van der Waals surface area (Å²) in [6.45, 7) is 7.15. The Morgan fingerprint density at radius 2 is 1.92 bits per heavy atom. The molecule has 0 N–H and O–H groups in total. The molecule has 5 nitrogen and oxygen atoms in total. The second kappa shape index (κ2) is 7.73. The summed E-state index contributed by atoms with van der Waals surface area (Å²) < 4.78 is 11.0. The molecule has 5 heteroatoms. The van der Waals surface area contributed by atoms with E-state index in [0.29, 0.717) is 5.41 Å². The number of hydrogen-bond acceptors (Lipinski definition) is 5. The van der Waals surface area contributed by atoms with Crippen molar-refractivity contribution < 1.29 is 9.47 Å². The third kappa shape index (κ3) is 3.70. The molecule has 0 unspecified atom stereocenters. The van der Waals surface area contributed by atoms with Crippen molar-refractivity contribution >= 4 is 0 Å². The van der Waals surface area contributed by atoms with Crippen LogP contribution in [-0.4, -0.2) is 61.7 Å². The van der Waals surface area contributed by atoms with E-state index in [1.54, 1.807) is 14.2 Å². The van der Waals surface area contributed by atoms with Crippen LogP contribution >= 0.6 is 0 Å². The van der Waals surface area contributed by atoms with E-state index in [1.165, 1.54) is 71.2 Å². The van der Waals surface area contributed by atoms with Crippen LogP contribution in [0.5, 0.6) is 11.5 Å². The average Bonchev–Trinajstić information content (AvgIpc) is 2.99. The second-order valence-electron chi connectivity index (χ2n) is 8.59. The van der Waals surface area contributed by atoms with E-state index in [2.05, 4.69) is 14.8 Å². The molecule has 1 spiro atoms. The highest BCUT2D eigenvalue weighted by Crippen LogP contribution is 2.41. The van der Waals surface area contributed by atoms with E-state index < -0.39 is 0 Å². The summed E-state index contributed by atoms with van der Waals surface area (Å²) >= 11 is 0. The van der Waals surface area contributed by atoms with Crippen LogP contribution in [-0.2, 0) is 6.54 Å². The van der Waals surface area contributed by atoms with Gasteiger partial charge >= 0.3 is 0 Å². The van der Waals surface area contributed by atoms with Crippen molar-refractivity contribution in [2.24, 2.45) is 11.3 Å². The lowest BCUT2D eigenvalue weighted by molar-refractivity contribution is 0.0667. The Balaban J connectivity index is 1.39. The minimum absolute atomic E-state index is 0.494. The van der Waals surface area contributed by atoms with Gasteiger partial charge in [-0.2, -0.15) is 0 Å². The van der Waals surface area contributed by atoms with Gasteiger partial charge in [-0.25, -0.2) is 0 Å². The fraction of sp³-hybridized carbons (Fsp3) is 0.762. The first-order valence-corrected chi connectivity index (χ1v) is 10.2. The fourth-order valence-electron chi connectivity index (χ4n) is 5.18. The second-order valence-corrected chi connectivity index (χ2v) is 8.59. The minimum Gasteiger partial charge on any atom is -0.493 e. The van der Waals surface area contributed by atoms with E-state index in [4.69, 9.17) is 9.47 Å². The van der Waals surface area contributed by atoms with Gasteiger partial charge in [0.25, 0.3) is 0 Å². The first kappa shape index (κ1) is 18.1. The zero-order valence-corrected chi connectivity index (χ0v) is 16.4. The van der Waals surface area contributed by atoms with Gasteiger partial charge in [-0.1, -0.05) is 6.42 Å². The summed E-state index contributed by atoms with van der Waals surface area (Å²) in [5.41, 5.74) is 1.49. The molecule has 1 saturated carbocycles. The Hall–Kier alpha value is -1.33. The monoisotopic (exact) mass is 359 g/mol. The largest absolute Gasteiger partial charge is 0.493 e. The number of likely N-dealkylation sites (tertiary alicyclic amines) is 2. The molecule has 3 fully saturated rings. The number of rotatable bonds is 6. The van der Waals surface area contributed by atoms with E-state index in [-0.39, 0.29) is 0 Å².